The summed E-state index contributed by atoms with van der Waals surface area (Å²) in [5.41, 5.74) is 5.82. The maximum atomic E-state index is 13.5. The number of hydrazine groups is 1. The van der Waals surface area contributed by atoms with Crippen molar-refractivity contribution in [3.05, 3.63) is 70.8 Å². The highest BCUT2D eigenvalue weighted by Crippen LogP contribution is 2.40. The Morgan fingerprint density at radius 1 is 1.10 bits per heavy atom. The van der Waals surface area contributed by atoms with Crippen LogP contribution in [0, 0.1) is 11.6 Å². The van der Waals surface area contributed by atoms with E-state index in [-0.39, 0.29) is 12.0 Å². The molecule has 1 aliphatic carbocycles. The zero-order valence-corrected chi connectivity index (χ0v) is 11.7. The summed E-state index contributed by atoms with van der Waals surface area (Å²) in [6, 6.07) is 11.5. The van der Waals surface area contributed by atoms with Gasteiger partial charge < -0.3 is 0 Å². The topological polar surface area (TPSA) is 38.0 Å². The Bertz CT molecular complexity index is 622. The van der Waals surface area contributed by atoms with E-state index in [2.05, 4.69) is 17.6 Å². The predicted molar refractivity (Wildman–Crippen MR) is 78.5 cm³/mol. The van der Waals surface area contributed by atoms with Gasteiger partial charge >= 0.3 is 0 Å². The summed E-state index contributed by atoms with van der Waals surface area (Å²) in [7, 11) is 0. The van der Waals surface area contributed by atoms with Crippen LogP contribution in [-0.2, 0) is 6.42 Å². The molecule has 2 aromatic rings. The first kappa shape index (κ1) is 14.2. The average Bonchev–Trinajstić information content (AvgIpc) is 2.47. The van der Waals surface area contributed by atoms with Gasteiger partial charge in [0.25, 0.3) is 0 Å². The third-order valence-electron chi connectivity index (χ3n) is 4.24. The van der Waals surface area contributed by atoms with Crippen LogP contribution in [0.15, 0.2) is 42.5 Å². The van der Waals surface area contributed by atoms with Crippen molar-refractivity contribution in [2.75, 3.05) is 0 Å². The SMILES string of the molecule is NNC(c1cc(F)cc(F)c1)C1CCCc2ccccc21. The van der Waals surface area contributed by atoms with Gasteiger partial charge in [0.1, 0.15) is 11.6 Å². The van der Waals surface area contributed by atoms with E-state index in [0.29, 0.717) is 5.56 Å². The van der Waals surface area contributed by atoms with Crippen LogP contribution < -0.4 is 11.3 Å². The Hall–Kier alpha value is -1.78. The molecule has 0 amide bonds. The Kier molecular flexibility index (Phi) is 3.99. The van der Waals surface area contributed by atoms with Crippen molar-refractivity contribution in [2.24, 2.45) is 5.84 Å². The molecule has 2 atom stereocenters. The van der Waals surface area contributed by atoms with Crippen molar-refractivity contribution in [3.63, 3.8) is 0 Å². The number of hydrogen-bond acceptors (Lipinski definition) is 2. The molecule has 0 radical (unpaired) electrons. The van der Waals surface area contributed by atoms with Crippen LogP contribution in [0.1, 0.15) is 41.5 Å². The minimum Gasteiger partial charge on any atom is -0.271 e. The van der Waals surface area contributed by atoms with Gasteiger partial charge in [0.05, 0.1) is 6.04 Å². The minimum atomic E-state index is -0.575. The van der Waals surface area contributed by atoms with Crippen LogP contribution in [0.3, 0.4) is 0 Å². The molecule has 2 unspecified atom stereocenters. The summed E-state index contributed by atoms with van der Waals surface area (Å²) >= 11 is 0. The van der Waals surface area contributed by atoms with Crippen LogP contribution in [0.2, 0.25) is 0 Å². The minimum absolute atomic E-state index is 0.126. The van der Waals surface area contributed by atoms with Gasteiger partial charge in [0.15, 0.2) is 0 Å². The molecular weight excluding hydrogens is 270 g/mol. The lowest BCUT2D eigenvalue weighted by atomic mass is 9.77. The third-order valence-corrected chi connectivity index (χ3v) is 4.24. The van der Waals surface area contributed by atoms with E-state index in [1.807, 2.05) is 12.1 Å². The van der Waals surface area contributed by atoms with Gasteiger partial charge in [-0.1, -0.05) is 24.3 Å². The predicted octanol–water partition coefficient (Wildman–Crippen LogP) is 3.59. The Morgan fingerprint density at radius 2 is 1.81 bits per heavy atom. The van der Waals surface area contributed by atoms with Gasteiger partial charge in [0, 0.05) is 12.0 Å². The zero-order chi connectivity index (χ0) is 14.8. The molecule has 0 bridgehead atoms. The molecule has 3 N–H and O–H groups in total. The molecule has 2 aromatic carbocycles. The quantitative estimate of drug-likeness (QED) is 0.669. The normalized spacial score (nSPS) is 19.1. The summed E-state index contributed by atoms with van der Waals surface area (Å²) in [5, 5.41) is 0. The van der Waals surface area contributed by atoms with Crippen molar-refractivity contribution >= 4 is 0 Å². The standard InChI is InChI=1S/C17H18F2N2/c18-13-8-12(9-14(19)10-13)17(21-20)16-7-3-5-11-4-1-2-6-15(11)16/h1-2,4,6,8-10,16-17,21H,3,5,7,20H2. The number of nitrogens with two attached hydrogens (primary N) is 1. The van der Waals surface area contributed by atoms with Crippen molar-refractivity contribution in [1.82, 2.24) is 5.43 Å². The van der Waals surface area contributed by atoms with E-state index in [4.69, 9.17) is 5.84 Å². The van der Waals surface area contributed by atoms with Gasteiger partial charge in [-0.25, -0.2) is 8.78 Å². The van der Waals surface area contributed by atoms with E-state index < -0.39 is 11.6 Å². The van der Waals surface area contributed by atoms with Gasteiger partial charge in [-0.15, -0.1) is 0 Å². The van der Waals surface area contributed by atoms with E-state index in [0.717, 1.165) is 25.3 Å². The average molecular weight is 288 g/mol. The molecule has 0 fully saturated rings. The summed E-state index contributed by atoms with van der Waals surface area (Å²) in [4.78, 5) is 0. The zero-order valence-electron chi connectivity index (χ0n) is 11.7. The summed E-state index contributed by atoms with van der Waals surface area (Å²) < 4.78 is 27.0. The molecule has 1 aliphatic rings. The first-order chi connectivity index (χ1) is 10.2. The van der Waals surface area contributed by atoms with Crippen LogP contribution in [0.5, 0.6) is 0 Å². The molecule has 110 valence electrons. The highest BCUT2D eigenvalue weighted by molar-refractivity contribution is 5.36. The molecule has 0 aromatic heterocycles. The second-order valence-electron chi connectivity index (χ2n) is 5.54. The fourth-order valence-corrected chi connectivity index (χ4v) is 3.34. The smallest absolute Gasteiger partial charge is 0.126 e. The summed E-state index contributed by atoms with van der Waals surface area (Å²) in [5.74, 6) is 4.67. The van der Waals surface area contributed by atoms with Crippen molar-refractivity contribution in [3.8, 4) is 0 Å². The van der Waals surface area contributed by atoms with Gasteiger partial charge in [0.2, 0.25) is 0 Å². The van der Waals surface area contributed by atoms with E-state index >= 15 is 0 Å². The molecule has 0 spiro atoms. The van der Waals surface area contributed by atoms with Crippen LogP contribution >= 0.6 is 0 Å². The number of hydrogen-bond donors (Lipinski definition) is 2. The maximum absolute atomic E-state index is 13.5. The van der Waals surface area contributed by atoms with E-state index in [1.54, 1.807) is 0 Å². The first-order valence-electron chi connectivity index (χ1n) is 7.19. The molecule has 3 rings (SSSR count). The largest absolute Gasteiger partial charge is 0.271 e. The number of rotatable bonds is 3. The van der Waals surface area contributed by atoms with Crippen molar-refractivity contribution < 1.29 is 8.78 Å². The molecule has 0 heterocycles. The second-order valence-corrected chi connectivity index (χ2v) is 5.54. The van der Waals surface area contributed by atoms with Crippen molar-refractivity contribution in [2.45, 2.75) is 31.2 Å². The van der Waals surface area contributed by atoms with Crippen LogP contribution in [-0.4, -0.2) is 0 Å². The molecular formula is C17H18F2N2. The monoisotopic (exact) mass is 288 g/mol. The Labute approximate surface area is 122 Å². The Morgan fingerprint density at radius 3 is 2.52 bits per heavy atom. The molecule has 0 saturated heterocycles. The highest BCUT2D eigenvalue weighted by atomic mass is 19.1. The summed E-state index contributed by atoms with van der Waals surface area (Å²) in [6.07, 6.45) is 3.04. The van der Waals surface area contributed by atoms with E-state index in [1.165, 1.54) is 23.3 Å². The van der Waals surface area contributed by atoms with Gasteiger partial charge in [-0.05, 0) is 48.1 Å². The first-order valence-corrected chi connectivity index (χ1v) is 7.19. The van der Waals surface area contributed by atoms with Crippen LogP contribution in [0.4, 0.5) is 8.78 Å². The molecule has 0 aliphatic heterocycles. The number of benzene rings is 2. The molecule has 0 saturated carbocycles. The number of aryl methyl sites for hydroxylation is 1. The highest BCUT2D eigenvalue weighted by Gasteiger charge is 2.28. The fourth-order valence-electron chi connectivity index (χ4n) is 3.34. The lowest BCUT2D eigenvalue weighted by molar-refractivity contribution is 0.405. The number of nitrogens with one attached hydrogen (secondary N) is 1. The van der Waals surface area contributed by atoms with Gasteiger partial charge in [-0.3, -0.25) is 11.3 Å². The third kappa shape index (κ3) is 2.82. The lowest BCUT2D eigenvalue weighted by Gasteiger charge is -2.32. The molecule has 4 heteroatoms. The molecule has 21 heavy (non-hydrogen) atoms. The second kappa shape index (κ2) is 5.92. The van der Waals surface area contributed by atoms with E-state index in [9.17, 15) is 8.78 Å². The maximum Gasteiger partial charge on any atom is 0.126 e. The Balaban J connectivity index is 2.01. The van der Waals surface area contributed by atoms with Crippen LogP contribution in [0.25, 0.3) is 0 Å². The fraction of sp³-hybridized carbons (Fsp3) is 0.294. The summed E-state index contributed by atoms with van der Waals surface area (Å²) in [6.45, 7) is 0. The number of halogens is 2. The van der Waals surface area contributed by atoms with Gasteiger partial charge in [-0.2, -0.15) is 0 Å². The molecule has 2 nitrogen and oxygen atoms in total. The number of fused-ring (bicyclic) bond motifs is 1. The lowest BCUT2D eigenvalue weighted by Crippen LogP contribution is -2.34. The van der Waals surface area contributed by atoms with Crippen molar-refractivity contribution in [1.29, 1.82) is 0 Å².